The van der Waals surface area contributed by atoms with Crippen molar-refractivity contribution >= 4 is 17.7 Å². The zero-order valence-electron chi connectivity index (χ0n) is 7.56. The second-order valence-electron chi connectivity index (χ2n) is 3.04. The number of carbonyl (C=O) groups is 3. The first-order chi connectivity index (χ1) is 6.21. The molecule has 0 bridgehead atoms. The molecule has 7 heteroatoms. The number of hydrogen-bond acceptors (Lipinski definition) is 5. The van der Waals surface area contributed by atoms with Crippen LogP contribution in [0.2, 0.25) is 0 Å². The molecule has 0 spiro atoms. The van der Waals surface area contributed by atoms with Crippen molar-refractivity contribution in [2.75, 3.05) is 0 Å². The Labute approximate surface area is 79.7 Å². The molecule has 0 aromatic heterocycles. The molecule has 7 nitrogen and oxygen atoms in total. The lowest BCUT2D eigenvalue weighted by molar-refractivity contribution is -0.152. The summed E-state index contributed by atoms with van der Waals surface area (Å²) in [5, 5.41) is 17.0. The van der Waals surface area contributed by atoms with Crippen LogP contribution in [0.25, 0.3) is 0 Å². The fourth-order valence-electron chi connectivity index (χ4n) is 0.773. The van der Waals surface area contributed by atoms with Gasteiger partial charge in [-0.2, -0.15) is 0 Å². The van der Waals surface area contributed by atoms with Crippen molar-refractivity contribution in [3.05, 3.63) is 0 Å². The summed E-state index contributed by atoms with van der Waals surface area (Å²) in [7, 11) is 0. The average Bonchev–Trinajstić information content (AvgIpc) is 2.02. The third-order valence-corrected chi connectivity index (χ3v) is 1.90. The van der Waals surface area contributed by atoms with Gasteiger partial charge in [-0.3, -0.25) is 9.59 Å². The third kappa shape index (κ3) is 2.51. The van der Waals surface area contributed by atoms with E-state index in [1.54, 1.807) is 0 Å². The van der Waals surface area contributed by atoms with E-state index < -0.39 is 35.7 Å². The number of hydrogen-bond donors (Lipinski definition) is 4. The highest BCUT2D eigenvalue weighted by Gasteiger charge is 2.41. The number of carbonyl (C=O) groups excluding carboxylic acids is 1. The molecule has 0 fully saturated rings. The van der Waals surface area contributed by atoms with Gasteiger partial charge in [0.1, 0.15) is 5.54 Å². The molecule has 0 heterocycles. The zero-order valence-corrected chi connectivity index (χ0v) is 7.56. The van der Waals surface area contributed by atoms with Crippen molar-refractivity contribution in [2.45, 2.75) is 24.9 Å². The van der Waals surface area contributed by atoms with Crippen LogP contribution in [0.3, 0.4) is 0 Å². The highest BCUT2D eigenvalue weighted by Crippen LogP contribution is 2.11. The van der Waals surface area contributed by atoms with Crippen LogP contribution in [0.4, 0.5) is 0 Å². The molecule has 14 heavy (non-hydrogen) atoms. The summed E-state index contributed by atoms with van der Waals surface area (Å²) in [4.78, 5) is 31.6. The lowest BCUT2D eigenvalue weighted by Crippen LogP contribution is -2.61. The van der Waals surface area contributed by atoms with Gasteiger partial charge >= 0.3 is 11.9 Å². The first-order valence-corrected chi connectivity index (χ1v) is 3.75. The van der Waals surface area contributed by atoms with Crippen LogP contribution < -0.4 is 11.5 Å². The van der Waals surface area contributed by atoms with Gasteiger partial charge in [0.15, 0.2) is 0 Å². The third-order valence-electron chi connectivity index (χ3n) is 1.90. The number of ketones is 1. The molecule has 0 aliphatic heterocycles. The fraction of sp³-hybridized carbons (Fsp3) is 0.571. The van der Waals surface area contributed by atoms with Gasteiger partial charge in [0.25, 0.3) is 0 Å². The Morgan fingerprint density at radius 3 is 2.00 bits per heavy atom. The standard InChI is InChI=1S/C7H12N2O5/c1-3(8)7(9,6(13)14)2-4(10)5(11)12/h3H,2,8-9H2,1H3,(H,11,12)(H,13,14). The number of rotatable bonds is 5. The monoisotopic (exact) mass is 204 g/mol. The number of aliphatic carboxylic acids is 2. The van der Waals surface area contributed by atoms with E-state index in [4.69, 9.17) is 21.7 Å². The minimum Gasteiger partial charge on any atom is -0.480 e. The Kier molecular flexibility index (Phi) is 3.72. The molecule has 2 atom stereocenters. The Bertz CT molecular complexity index is 275. The predicted octanol–water partition coefficient (Wildman–Crippen LogP) is -1.84. The van der Waals surface area contributed by atoms with Gasteiger partial charge in [-0.25, -0.2) is 4.79 Å². The molecule has 0 aliphatic rings. The molecule has 0 saturated carbocycles. The van der Waals surface area contributed by atoms with E-state index in [1.165, 1.54) is 6.92 Å². The number of Topliss-reactive ketones (excluding diaryl/α,β-unsaturated/α-hetero) is 1. The Morgan fingerprint density at radius 2 is 1.79 bits per heavy atom. The maximum Gasteiger partial charge on any atom is 0.372 e. The van der Waals surface area contributed by atoms with Crippen molar-refractivity contribution in [1.29, 1.82) is 0 Å². The van der Waals surface area contributed by atoms with Crippen molar-refractivity contribution in [3.63, 3.8) is 0 Å². The van der Waals surface area contributed by atoms with Gasteiger partial charge in [-0.05, 0) is 6.92 Å². The minimum atomic E-state index is -2.03. The largest absolute Gasteiger partial charge is 0.480 e. The molecule has 0 rings (SSSR count). The van der Waals surface area contributed by atoms with Crippen LogP contribution >= 0.6 is 0 Å². The first-order valence-electron chi connectivity index (χ1n) is 3.75. The van der Waals surface area contributed by atoms with E-state index in [0.717, 1.165) is 0 Å². The highest BCUT2D eigenvalue weighted by molar-refractivity contribution is 6.33. The van der Waals surface area contributed by atoms with Crippen molar-refractivity contribution < 1.29 is 24.6 Å². The quantitative estimate of drug-likeness (QED) is 0.385. The Morgan fingerprint density at radius 1 is 1.36 bits per heavy atom. The van der Waals surface area contributed by atoms with E-state index >= 15 is 0 Å². The molecule has 0 amide bonds. The van der Waals surface area contributed by atoms with E-state index in [9.17, 15) is 14.4 Å². The smallest absolute Gasteiger partial charge is 0.372 e. The molecular formula is C7H12N2O5. The summed E-state index contributed by atoms with van der Waals surface area (Å²) in [5.74, 6) is -4.49. The van der Waals surface area contributed by atoms with Gasteiger partial charge in [-0.15, -0.1) is 0 Å². The minimum absolute atomic E-state index is 0.824. The van der Waals surface area contributed by atoms with Crippen LogP contribution in [-0.4, -0.2) is 39.5 Å². The predicted molar refractivity (Wildman–Crippen MR) is 45.5 cm³/mol. The molecule has 6 N–H and O–H groups in total. The average molecular weight is 204 g/mol. The van der Waals surface area contributed by atoms with Gasteiger partial charge in [0.2, 0.25) is 5.78 Å². The van der Waals surface area contributed by atoms with Crippen LogP contribution in [0.5, 0.6) is 0 Å². The molecule has 0 radical (unpaired) electrons. The molecule has 0 saturated heterocycles. The first kappa shape index (κ1) is 12.5. The SMILES string of the molecule is CC(N)C(N)(CC(=O)C(=O)O)C(=O)O. The van der Waals surface area contributed by atoms with Crippen LogP contribution in [0, 0.1) is 0 Å². The second kappa shape index (κ2) is 4.16. The highest BCUT2D eigenvalue weighted by atomic mass is 16.4. The summed E-state index contributed by atoms with van der Waals surface area (Å²) in [6.45, 7) is 1.29. The van der Waals surface area contributed by atoms with Crippen LogP contribution in [-0.2, 0) is 14.4 Å². The topological polar surface area (TPSA) is 144 Å². The molecular weight excluding hydrogens is 192 g/mol. The molecule has 80 valence electrons. The van der Waals surface area contributed by atoms with Crippen molar-refractivity contribution in [1.82, 2.24) is 0 Å². The summed E-state index contributed by atoms with van der Waals surface area (Å²) in [6, 6.07) is -1.02. The maximum atomic E-state index is 10.8. The van der Waals surface area contributed by atoms with Gasteiger partial charge in [-0.1, -0.05) is 0 Å². The van der Waals surface area contributed by atoms with E-state index in [2.05, 4.69) is 0 Å². The van der Waals surface area contributed by atoms with Crippen molar-refractivity contribution in [2.24, 2.45) is 11.5 Å². The van der Waals surface area contributed by atoms with E-state index in [0.29, 0.717) is 0 Å². The number of carboxylic acids is 2. The van der Waals surface area contributed by atoms with Crippen LogP contribution in [0.15, 0.2) is 0 Å². The van der Waals surface area contributed by atoms with E-state index in [-0.39, 0.29) is 0 Å². The number of nitrogens with two attached hydrogens (primary N) is 2. The molecule has 0 aromatic carbocycles. The summed E-state index contributed by atoms with van der Waals surface area (Å²) < 4.78 is 0. The maximum absolute atomic E-state index is 10.8. The zero-order chi connectivity index (χ0) is 11.5. The van der Waals surface area contributed by atoms with Gasteiger partial charge in [0, 0.05) is 12.5 Å². The number of carboxylic acid groups (broad SMARTS) is 2. The molecule has 0 aromatic rings. The van der Waals surface area contributed by atoms with E-state index in [1.807, 2.05) is 0 Å². The summed E-state index contributed by atoms with van der Waals surface area (Å²) in [5.41, 5.74) is 8.55. The van der Waals surface area contributed by atoms with Crippen LogP contribution in [0.1, 0.15) is 13.3 Å². The van der Waals surface area contributed by atoms with Crippen molar-refractivity contribution in [3.8, 4) is 0 Å². The second-order valence-corrected chi connectivity index (χ2v) is 3.04. The fourth-order valence-corrected chi connectivity index (χ4v) is 0.773. The van der Waals surface area contributed by atoms with Gasteiger partial charge < -0.3 is 21.7 Å². The van der Waals surface area contributed by atoms with Gasteiger partial charge in [0.05, 0.1) is 0 Å². The molecule has 2 unspecified atom stereocenters. The summed E-state index contributed by atoms with van der Waals surface area (Å²) >= 11 is 0. The Balaban J connectivity index is 4.80. The summed E-state index contributed by atoms with van der Waals surface area (Å²) in [6.07, 6.45) is -0.824. The normalized spacial score (nSPS) is 16.8. The lowest BCUT2D eigenvalue weighted by atomic mass is 9.87. The molecule has 0 aliphatic carbocycles. The lowest BCUT2D eigenvalue weighted by Gasteiger charge is -2.26. The Hall–Kier alpha value is -1.47.